The summed E-state index contributed by atoms with van der Waals surface area (Å²) in [6.07, 6.45) is 1.34. The second-order valence-corrected chi connectivity index (χ2v) is 4.32. The van der Waals surface area contributed by atoms with Crippen LogP contribution in [0.3, 0.4) is 0 Å². The van der Waals surface area contributed by atoms with Crippen molar-refractivity contribution in [1.82, 2.24) is 14.1 Å². The van der Waals surface area contributed by atoms with Gasteiger partial charge in [0.25, 0.3) is 5.56 Å². The molecule has 0 aliphatic carbocycles. The molecule has 2 aromatic rings. The predicted octanol–water partition coefficient (Wildman–Crippen LogP) is -0.244. The van der Waals surface area contributed by atoms with Gasteiger partial charge in [-0.2, -0.15) is 0 Å². The molecule has 0 bridgehead atoms. The number of hydrogen-bond acceptors (Lipinski definition) is 5. The molecule has 21 heavy (non-hydrogen) atoms. The maximum absolute atomic E-state index is 11.8. The smallest absolute Gasteiger partial charge is 0.358 e. The van der Waals surface area contributed by atoms with E-state index in [1.54, 1.807) is 0 Å². The zero-order valence-corrected chi connectivity index (χ0v) is 11.4. The van der Waals surface area contributed by atoms with Gasteiger partial charge in [-0.05, 0) is 12.1 Å². The number of hydrogen-bond donors (Lipinski definition) is 1. The normalized spacial score (nSPS) is 10.4. The van der Waals surface area contributed by atoms with Gasteiger partial charge in [0.15, 0.2) is 11.4 Å². The summed E-state index contributed by atoms with van der Waals surface area (Å²) in [5.74, 6) is -1.15. The van der Waals surface area contributed by atoms with E-state index in [4.69, 9.17) is 9.84 Å². The number of rotatable bonds is 4. The van der Waals surface area contributed by atoms with Crippen molar-refractivity contribution in [2.75, 3.05) is 0 Å². The lowest BCUT2D eigenvalue weighted by Gasteiger charge is -2.11. The third kappa shape index (κ3) is 2.83. The molecule has 2 heterocycles. The van der Waals surface area contributed by atoms with E-state index in [0.29, 0.717) is 5.69 Å². The Morgan fingerprint density at radius 2 is 2.05 bits per heavy atom. The van der Waals surface area contributed by atoms with E-state index in [1.807, 2.05) is 0 Å². The highest BCUT2D eigenvalue weighted by Gasteiger charge is 2.13. The molecule has 110 valence electrons. The zero-order chi connectivity index (χ0) is 15.6. The first-order valence-corrected chi connectivity index (χ1v) is 5.99. The van der Waals surface area contributed by atoms with E-state index >= 15 is 0 Å². The molecular formula is C13H13N3O5. The number of nitrogens with zero attached hydrogens (tertiary/aromatic N) is 3. The van der Waals surface area contributed by atoms with Crippen molar-refractivity contribution >= 4 is 5.97 Å². The Hall–Kier alpha value is -2.90. The Morgan fingerprint density at radius 1 is 1.33 bits per heavy atom. The molecule has 0 unspecified atom stereocenters. The standard InChI is InChI=1S/C13H13N3O5/c1-15-8(6-10(17)16(2)13(15)20)7-21-9-4-3-5-14-11(9)12(18)19/h3-6H,7H2,1-2H3,(H,18,19). The zero-order valence-electron chi connectivity index (χ0n) is 11.4. The number of aromatic carboxylic acids is 1. The third-order valence-electron chi connectivity index (χ3n) is 2.97. The Morgan fingerprint density at radius 3 is 2.71 bits per heavy atom. The fourth-order valence-electron chi connectivity index (χ4n) is 1.74. The first kappa shape index (κ1) is 14.5. The topological polar surface area (TPSA) is 103 Å². The van der Waals surface area contributed by atoms with Crippen molar-refractivity contribution in [3.05, 3.63) is 56.6 Å². The van der Waals surface area contributed by atoms with Crippen molar-refractivity contribution in [3.8, 4) is 5.75 Å². The molecule has 2 rings (SSSR count). The second kappa shape index (κ2) is 5.61. The number of aromatic nitrogens is 3. The summed E-state index contributed by atoms with van der Waals surface area (Å²) in [7, 11) is 2.88. The van der Waals surface area contributed by atoms with Gasteiger partial charge in [-0.15, -0.1) is 0 Å². The molecule has 1 N–H and O–H groups in total. The lowest BCUT2D eigenvalue weighted by Crippen LogP contribution is -2.38. The summed E-state index contributed by atoms with van der Waals surface area (Å²) in [5.41, 5.74) is -0.832. The first-order chi connectivity index (χ1) is 9.91. The van der Waals surface area contributed by atoms with Crippen LogP contribution in [0, 0.1) is 0 Å². The average Bonchev–Trinajstić information content (AvgIpc) is 2.47. The van der Waals surface area contributed by atoms with E-state index in [-0.39, 0.29) is 18.1 Å². The average molecular weight is 291 g/mol. The summed E-state index contributed by atoms with van der Waals surface area (Å²) in [6.45, 7) is -0.117. The number of carboxylic acid groups (broad SMARTS) is 1. The quantitative estimate of drug-likeness (QED) is 0.833. The summed E-state index contributed by atoms with van der Waals surface area (Å²) < 4.78 is 7.59. The highest BCUT2D eigenvalue weighted by atomic mass is 16.5. The van der Waals surface area contributed by atoms with Crippen LogP contribution >= 0.6 is 0 Å². The fourth-order valence-corrected chi connectivity index (χ4v) is 1.74. The predicted molar refractivity (Wildman–Crippen MR) is 72.5 cm³/mol. The minimum absolute atomic E-state index is 0.0677. The summed E-state index contributed by atoms with van der Waals surface area (Å²) in [4.78, 5) is 38.1. The highest BCUT2D eigenvalue weighted by molar-refractivity contribution is 5.88. The minimum atomic E-state index is -1.22. The van der Waals surface area contributed by atoms with Gasteiger partial charge in [0.2, 0.25) is 0 Å². The van der Waals surface area contributed by atoms with Gasteiger partial charge < -0.3 is 9.84 Å². The van der Waals surface area contributed by atoms with E-state index < -0.39 is 17.2 Å². The van der Waals surface area contributed by atoms with Crippen molar-refractivity contribution in [3.63, 3.8) is 0 Å². The lowest BCUT2D eigenvalue weighted by molar-refractivity contribution is 0.0684. The van der Waals surface area contributed by atoms with Crippen LogP contribution < -0.4 is 16.0 Å². The molecule has 0 aliphatic rings. The minimum Gasteiger partial charge on any atom is -0.485 e. The van der Waals surface area contributed by atoms with Crippen molar-refractivity contribution in [1.29, 1.82) is 0 Å². The van der Waals surface area contributed by atoms with Gasteiger partial charge >= 0.3 is 11.7 Å². The number of carbonyl (C=O) groups is 1. The second-order valence-electron chi connectivity index (χ2n) is 4.32. The third-order valence-corrected chi connectivity index (χ3v) is 2.97. The van der Waals surface area contributed by atoms with E-state index in [9.17, 15) is 14.4 Å². The van der Waals surface area contributed by atoms with Crippen LogP contribution in [0.5, 0.6) is 5.75 Å². The van der Waals surface area contributed by atoms with Crippen LogP contribution in [-0.2, 0) is 20.7 Å². The Labute approximate surface area is 118 Å². The van der Waals surface area contributed by atoms with E-state index in [1.165, 1.54) is 43.1 Å². The van der Waals surface area contributed by atoms with Gasteiger partial charge in [0, 0.05) is 26.4 Å². The molecule has 0 atom stereocenters. The summed E-state index contributed by atoms with van der Waals surface area (Å²) in [5, 5.41) is 8.99. The molecule has 0 aromatic carbocycles. The van der Waals surface area contributed by atoms with Gasteiger partial charge in [-0.1, -0.05) is 0 Å². The molecule has 0 saturated carbocycles. The van der Waals surface area contributed by atoms with Gasteiger partial charge in [-0.3, -0.25) is 13.9 Å². The fraction of sp³-hybridized carbons (Fsp3) is 0.231. The number of pyridine rings is 1. The SMILES string of the molecule is Cn1c(COc2cccnc2C(=O)O)cc(=O)n(C)c1=O. The summed E-state index contributed by atoms with van der Waals surface area (Å²) in [6, 6.07) is 4.25. The van der Waals surface area contributed by atoms with Crippen LogP contribution in [0.4, 0.5) is 0 Å². The monoisotopic (exact) mass is 291 g/mol. The number of carboxylic acids is 1. The van der Waals surface area contributed by atoms with Crippen molar-refractivity contribution in [2.45, 2.75) is 6.61 Å². The Bertz CT molecular complexity index is 806. The van der Waals surface area contributed by atoms with Crippen molar-refractivity contribution < 1.29 is 14.6 Å². The highest BCUT2D eigenvalue weighted by Crippen LogP contribution is 2.16. The molecule has 0 saturated heterocycles. The van der Waals surface area contributed by atoms with E-state index in [0.717, 1.165) is 4.57 Å². The van der Waals surface area contributed by atoms with E-state index in [2.05, 4.69) is 4.98 Å². The lowest BCUT2D eigenvalue weighted by atomic mass is 10.3. The molecule has 0 aliphatic heterocycles. The molecular weight excluding hydrogens is 278 g/mol. The summed E-state index contributed by atoms with van der Waals surface area (Å²) >= 11 is 0. The van der Waals surface area contributed by atoms with Gasteiger partial charge in [0.1, 0.15) is 6.61 Å². The molecule has 0 amide bonds. The number of ether oxygens (including phenoxy) is 1. The largest absolute Gasteiger partial charge is 0.485 e. The van der Waals surface area contributed by atoms with Crippen LogP contribution in [0.15, 0.2) is 34.0 Å². The molecule has 8 heteroatoms. The molecule has 0 radical (unpaired) electrons. The Balaban J connectivity index is 2.32. The maximum Gasteiger partial charge on any atom is 0.358 e. The maximum atomic E-state index is 11.8. The Kier molecular flexibility index (Phi) is 3.88. The van der Waals surface area contributed by atoms with Gasteiger partial charge in [0.05, 0.1) is 5.69 Å². The molecule has 0 fully saturated rings. The van der Waals surface area contributed by atoms with Crippen LogP contribution in [-0.4, -0.2) is 25.2 Å². The van der Waals surface area contributed by atoms with Crippen LogP contribution in [0.25, 0.3) is 0 Å². The van der Waals surface area contributed by atoms with Crippen LogP contribution in [0.1, 0.15) is 16.2 Å². The first-order valence-electron chi connectivity index (χ1n) is 5.99. The van der Waals surface area contributed by atoms with Crippen molar-refractivity contribution in [2.24, 2.45) is 14.1 Å². The molecule has 2 aromatic heterocycles. The van der Waals surface area contributed by atoms with Gasteiger partial charge in [-0.25, -0.2) is 14.6 Å². The molecule has 8 nitrogen and oxygen atoms in total. The van der Waals surface area contributed by atoms with Crippen LogP contribution in [0.2, 0.25) is 0 Å². The molecule has 0 spiro atoms.